The van der Waals surface area contributed by atoms with E-state index in [-0.39, 0.29) is 5.41 Å². The van der Waals surface area contributed by atoms with Crippen LogP contribution in [0.4, 0.5) is 0 Å². The highest BCUT2D eigenvalue weighted by molar-refractivity contribution is 5.99. The van der Waals surface area contributed by atoms with Gasteiger partial charge in [-0.05, 0) is 86.1 Å². The number of nitrogens with zero attached hydrogens (tertiary/aromatic N) is 3. The summed E-state index contributed by atoms with van der Waals surface area (Å²) in [5, 5.41) is 3.68. The summed E-state index contributed by atoms with van der Waals surface area (Å²) >= 11 is 0. The average molecular weight is 678 g/mol. The smallest absolute Gasteiger partial charge is 0.160 e. The molecule has 1 aliphatic carbocycles. The first-order valence-corrected chi connectivity index (χ1v) is 18.2. The quantitative estimate of drug-likeness (QED) is 0.182. The summed E-state index contributed by atoms with van der Waals surface area (Å²) < 4.78 is 0. The third kappa shape index (κ3) is 5.32. The molecule has 0 saturated carbocycles. The van der Waals surface area contributed by atoms with Crippen molar-refractivity contribution in [3.8, 4) is 67.3 Å². The summed E-state index contributed by atoms with van der Waals surface area (Å²) in [6.45, 7) is 4.71. The molecule has 250 valence electrons. The van der Waals surface area contributed by atoms with E-state index in [1.54, 1.807) is 0 Å². The zero-order valence-electron chi connectivity index (χ0n) is 29.6. The van der Waals surface area contributed by atoms with E-state index < -0.39 is 0 Å². The monoisotopic (exact) mass is 677 g/mol. The Labute approximate surface area is 309 Å². The van der Waals surface area contributed by atoms with Crippen LogP contribution in [-0.2, 0) is 5.41 Å². The molecule has 0 unspecified atom stereocenters. The number of para-hydroxylation sites is 1. The van der Waals surface area contributed by atoms with E-state index in [4.69, 9.17) is 9.97 Å². The molecule has 3 nitrogen and oxygen atoms in total. The predicted molar refractivity (Wildman–Crippen MR) is 220 cm³/mol. The van der Waals surface area contributed by atoms with E-state index in [2.05, 4.69) is 158 Å². The Balaban J connectivity index is 1.08. The van der Waals surface area contributed by atoms with Crippen LogP contribution in [0.25, 0.3) is 89.0 Å². The topological polar surface area (TPSA) is 38.7 Å². The molecule has 53 heavy (non-hydrogen) atoms. The van der Waals surface area contributed by atoms with Gasteiger partial charge in [0.1, 0.15) is 0 Å². The first-order valence-electron chi connectivity index (χ1n) is 18.2. The fraction of sp³-hybridized carbons (Fsp3) is 0.0600. The molecule has 0 atom stereocenters. The Bertz CT molecular complexity index is 2850. The van der Waals surface area contributed by atoms with Crippen LogP contribution in [0.3, 0.4) is 0 Å². The fourth-order valence-electron chi connectivity index (χ4n) is 8.08. The third-order valence-electron chi connectivity index (χ3n) is 10.9. The van der Waals surface area contributed by atoms with Gasteiger partial charge in [0, 0.05) is 39.3 Å². The van der Waals surface area contributed by atoms with Crippen molar-refractivity contribution in [1.29, 1.82) is 0 Å². The van der Waals surface area contributed by atoms with E-state index in [1.165, 1.54) is 44.2 Å². The van der Waals surface area contributed by atoms with E-state index in [1.807, 2.05) is 36.5 Å². The Morgan fingerprint density at radius 2 is 1.04 bits per heavy atom. The summed E-state index contributed by atoms with van der Waals surface area (Å²) in [4.78, 5) is 15.0. The van der Waals surface area contributed by atoms with Gasteiger partial charge in [0.2, 0.25) is 0 Å². The van der Waals surface area contributed by atoms with E-state index in [0.717, 1.165) is 50.1 Å². The molecule has 10 rings (SSSR count). The number of fused-ring (bicyclic) bond motifs is 5. The van der Waals surface area contributed by atoms with Gasteiger partial charge in [-0.2, -0.15) is 0 Å². The van der Waals surface area contributed by atoms with Gasteiger partial charge in [-0.25, -0.2) is 9.97 Å². The number of hydrogen-bond acceptors (Lipinski definition) is 3. The lowest BCUT2D eigenvalue weighted by atomic mass is 9.81. The van der Waals surface area contributed by atoms with Gasteiger partial charge in [0.15, 0.2) is 5.82 Å². The van der Waals surface area contributed by atoms with Crippen LogP contribution in [0.5, 0.6) is 0 Å². The van der Waals surface area contributed by atoms with Crippen LogP contribution in [0.15, 0.2) is 176 Å². The van der Waals surface area contributed by atoms with E-state index >= 15 is 0 Å². The molecule has 3 heteroatoms. The molecule has 0 N–H and O–H groups in total. The Kier molecular flexibility index (Phi) is 7.16. The molecule has 0 bridgehead atoms. The van der Waals surface area contributed by atoms with Crippen molar-refractivity contribution >= 4 is 21.7 Å². The summed E-state index contributed by atoms with van der Waals surface area (Å²) in [5.74, 6) is 0.703. The maximum atomic E-state index is 5.17. The molecule has 2 heterocycles. The van der Waals surface area contributed by atoms with Crippen LogP contribution >= 0.6 is 0 Å². The minimum Gasteiger partial charge on any atom is -0.256 e. The molecule has 0 spiro atoms. The minimum absolute atomic E-state index is 0.102. The number of benzene rings is 7. The second-order valence-corrected chi connectivity index (χ2v) is 14.5. The molecule has 0 fully saturated rings. The largest absolute Gasteiger partial charge is 0.256 e. The zero-order valence-corrected chi connectivity index (χ0v) is 29.6. The molecule has 9 aromatic rings. The van der Waals surface area contributed by atoms with Crippen molar-refractivity contribution in [3.05, 3.63) is 187 Å². The summed E-state index contributed by atoms with van der Waals surface area (Å²) in [7, 11) is 0. The van der Waals surface area contributed by atoms with Gasteiger partial charge in [0.25, 0.3) is 0 Å². The van der Waals surface area contributed by atoms with Gasteiger partial charge < -0.3 is 0 Å². The highest BCUT2D eigenvalue weighted by Crippen LogP contribution is 2.53. The van der Waals surface area contributed by atoms with Gasteiger partial charge in [-0.1, -0.05) is 147 Å². The molecule has 0 aliphatic heterocycles. The molecule has 0 amide bonds. The highest BCUT2D eigenvalue weighted by atomic mass is 14.9. The molecular weight excluding hydrogens is 643 g/mol. The van der Waals surface area contributed by atoms with Crippen LogP contribution in [0.1, 0.15) is 25.0 Å². The maximum Gasteiger partial charge on any atom is 0.160 e. The Morgan fingerprint density at radius 1 is 0.396 bits per heavy atom. The van der Waals surface area contributed by atoms with Crippen LogP contribution in [0.2, 0.25) is 0 Å². The predicted octanol–water partition coefficient (Wildman–Crippen LogP) is 12.8. The molecule has 2 aromatic heterocycles. The maximum absolute atomic E-state index is 5.17. The van der Waals surface area contributed by atoms with Crippen molar-refractivity contribution in [2.45, 2.75) is 19.3 Å². The zero-order chi connectivity index (χ0) is 35.5. The standard InChI is InChI=1S/C50H35N3/c1-50(2)43-20-11-19-41(48(43)42-28-35-14-6-7-15-36(35)29-44(42)50)37-17-10-18-39(26-37)47-30-46(52-49(53-47)34-12-4-3-5-13-34)33-24-22-32(23-25-33)40-27-38-16-8-9-21-45(38)51-31-40/h3-31H,1-2H3. The van der Waals surface area contributed by atoms with Crippen LogP contribution in [-0.4, -0.2) is 15.0 Å². The normalized spacial score (nSPS) is 12.9. The second-order valence-electron chi connectivity index (χ2n) is 14.5. The number of hydrogen-bond donors (Lipinski definition) is 0. The molecule has 1 aliphatic rings. The van der Waals surface area contributed by atoms with E-state index in [0.29, 0.717) is 5.82 Å². The number of pyridine rings is 1. The lowest BCUT2D eigenvalue weighted by molar-refractivity contribution is 0.661. The van der Waals surface area contributed by atoms with Gasteiger partial charge >= 0.3 is 0 Å². The highest BCUT2D eigenvalue weighted by Gasteiger charge is 2.37. The lowest BCUT2D eigenvalue weighted by Crippen LogP contribution is -2.14. The minimum atomic E-state index is -0.102. The van der Waals surface area contributed by atoms with Crippen LogP contribution in [0, 0.1) is 0 Å². The first kappa shape index (κ1) is 31.1. The summed E-state index contributed by atoms with van der Waals surface area (Å²) in [6, 6.07) is 60.5. The van der Waals surface area contributed by atoms with Crippen molar-refractivity contribution < 1.29 is 0 Å². The summed E-state index contributed by atoms with van der Waals surface area (Å²) in [5.41, 5.74) is 15.7. The van der Waals surface area contributed by atoms with Gasteiger partial charge in [-0.15, -0.1) is 0 Å². The van der Waals surface area contributed by atoms with E-state index in [9.17, 15) is 0 Å². The van der Waals surface area contributed by atoms with Crippen LogP contribution < -0.4 is 0 Å². The second kappa shape index (κ2) is 12.2. The SMILES string of the molecule is CC1(C)c2cc3ccccc3cc2-c2c(-c3cccc(-c4cc(-c5ccc(-c6cnc7ccccc7c6)cc5)nc(-c5ccccc5)n4)c3)cccc21. The molecule has 0 saturated heterocycles. The third-order valence-corrected chi connectivity index (χ3v) is 10.9. The molecular formula is C50H35N3. The van der Waals surface area contributed by atoms with Crippen molar-refractivity contribution in [2.75, 3.05) is 0 Å². The Morgan fingerprint density at radius 3 is 1.85 bits per heavy atom. The van der Waals surface area contributed by atoms with Gasteiger partial charge in [0.05, 0.1) is 16.9 Å². The Hall–Kier alpha value is -6.71. The van der Waals surface area contributed by atoms with Crippen molar-refractivity contribution in [3.63, 3.8) is 0 Å². The molecule has 0 radical (unpaired) electrons. The first-order chi connectivity index (χ1) is 26.0. The van der Waals surface area contributed by atoms with Gasteiger partial charge in [-0.3, -0.25) is 4.98 Å². The van der Waals surface area contributed by atoms with Crippen molar-refractivity contribution in [1.82, 2.24) is 15.0 Å². The fourth-order valence-corrected chi connectivity index (χ4v) is 8.08. The number of aromatic nitrogens is 3. The number of rotatable bonds is 5. The summed E-state index contributed by atoms with van der Waals surface area (Å²) in [6.07, 6.45) is 1.95. The average Bonchev–Trinajstić information content (AvgIpc) is 3.45. The van der Waals surface area contributed by atoms with Crippen molar-refractivity contribution in [2.24, 2.45) is 0 Å². The lowest BCUT2D eigenvalue weighted by Gasteiger charge is -2.22. The molecule has 7 aromatic carbocycles.